The average molecular weight is 426 g/mol. The van der Waals surface area contributed by atoms with Crippen molar-refractivity contribution in [3.63, 3.8) is 0 Å². The first-order valence-electron chi connectivity index (χ1n) is 10.2. The van der Waals surface area contributed by atoms with Crippen molar-refractivity contribution in [2.75, 3.05) is 6.54 Å². The van der Waals surface area contributed by atoms with Crippen LogP contribution in [0, 0.1) is 0 Å². The quantitative estimate of drug-likeness (QED) is 0.445. The molecule has 3 aromatic heterocycles. The van der Waals surface area contributed by atoms with Crippen LogP contribution in [0.1, 0.15) is 23.0 Å². The van der Waals surface area contributed by atoms with E-state index >= 15 is 8.78 Å². The molecule has 6 rings (SSSR count). The van der Waals surface area contributed by atoms with Crippen molar-refractivity contribution in [1.82, 2.24) is 24.8 Å². The lowest BCUT2D eigenvalue weighted by molar-refractivity contribution is 0.0307. The Hall–Kier alpha value is -4.07. The van der Waals surface area contributed by atoms with Crippen LogP contribution in [0.2, 0.25) is 0 Å². The lowest BCUT2D eigenvalue weighted by Crippen LogP contribution is -2.30. The smallest absolute Gasteiger partial charge is 0.284 e. The highest BCUT2D eigenvalue weighted by Gasteiger charge is 2.40. The largest absolute Gasteiger partial charge is 0.333 e. The van der Waals surface area contributed by atoms with Crippen molar-refractivity contribution < 1.29 is 8.78 Å². The molecule has 156 valence electrons. The van der Waals surface area contributed by atoms with E-state index in [2.05, 4.69) is 31.3 Å². The summed E-state index contributed by atoms with van der Waals surface area (Å²) in [4.78, 5) is 8.79. The van der Waals surface area contributed by atoms with Crippen molar-refractivity contribution in [3.8, 4) is 0 Å². The van der Waals surface area contributed by atoms with Gasteiger partial charge in [0.1, 0.15) is 0 Å². The molecule has 0 bridgehead atoms. The predicted octanol–water partition coefficient (Wildman–Crippen LogP) is 3.01. The summed E-state index contributed by atoms with van der Waals surface area (Å²) < 4.78 is 32.2. The van der Waals surface area contributed by atoms with Crippen molar-refractivity contribution in [2.45, 2.75) is 11.8 Å². The summed E-state index contributed by atoms with van der Waals surface area (Å²) in [5.74, 6) is -4.03. The molecular formula is C24H16F2N6. The predicted molar refractivity (Wildman–Crippen MR) is 115 cm³/mol. The van der Waals surface area contributed by atoms with E-state index in [1.807, 2.05) is 24.3 Å². The summed E-state index contributed by atoms with van der Waals surface area (Å²) in [5.41, 5.74) is 1.36. The fourth-order valence-corrected chi connectivity index (χ4v) is 4.01. The van der Waals surface area contributed by atoms with Crippen molar-refractivity contribution >= 4 is 22.6 Å². The Bertz CT molecular complexity index is 1610. The number of fused-ring (bicyclic) bond motifs is 3. The molecular weight excluding hydrogens is 410 g/mol. The molecule has 1 aliphatic rings. The number of benzene rings is 2. The van der Waals surface area contributed by atoms with E-state index in [4.69, 9.17) is 0 Å². The summed E-state index contributed by atoms with van der Waals surface area (Å²) in [6.07, 6.45) is 3.69. The van der Waals surface area contributed by atoms with Crippen LogP contribution >= 0.6 is 0 Å². The molecule has 8 heteroatoms. The second kappa shape index (κ2) is 6.98. The third-order valence-electron chi connectivity index (χ3n) is 5.69. The Labute approximate surface area is 180 Å². The molecule has 0 spiro atoms. The topological polar surface area (TPSA) is 68.3 Å². The van der Waals surface area contributed by atoms with Gasteiger partial charge in [0.15, 0.2) is 5.65 Å². The van der Waals surface area contributed by atoms with Gasteiger partial charge in [-0.15, -0.1) is 10.2 Å². The molecule has 0 saturated heterocycles. The normalized spacial score (nSPS) is 15.9. The standard InChI is InChI=1S/C24H16F2N6/c25-24(26,18-7-8-20-16(13-18)5-3-11-27-20)23-30-29-22-10-9-21(31-32(22)23)17-12-15-4-1-2-6-19(15)28-14-17/h1-13,17H,14H2. The molecule has 4 heterocycles. The molecule has 32 heavy (non-hydrogen) atoms. The molecule has 1 atom stereocenters. The number of rotatable bonds is 3. The highest BCUT2D eigenvalue weighted by molar-refractivity contribution is 5.79. The van der Waals surface area contributed by atoms with Crippen molar-refractivity contribution in [1.29, 1.82) is 0 Å². The van der Waals surface area contributed by atoms with E-state index in [9.17, 15) is 0 Å². The van der Waals surface area contributed by atoms with Crippen LogP contribution in [-0.4, -0.2) is 31.3 Å². The fraction of sp³-hybridized carbons (Fsp3) is 0.125. The maximum absolute atomic E-state index is 15.5. The molecule has 1 aliphatic heterocycles. The molecule has 0 N–H and O–H groups in total. The number of halogens is 2. The lowest BCUT2D eigenvalue weighted by Gasteiger charge is -2.16. The van der Waals surface area contributed by atoms with Gasteiger partial charge in [-0.3, -0.25) is 9.98 Å². The summed E-state index contributed by atoms with van der Waals surface area (Å²) in [6, 6.07) is 19.1. The number of aromatic nitrogens is 5. The van der Waals surface area contributed by atoms with Crippen LogP contribution in [0.15, 0.2) is 77.9 Å². The van der Waals surface area contributed by atoms with Gasteiger partial charge in [-0.05, 0) is 41.6 Å². The van der Waals surface area contributed by atoms with Crippen LogP contribution in [-0.2, 0) is 5.92 Å². The van der Waals surface area contributed by atoms with Gasteiger partial charge in [-0.25, -0.2) is 0 Å². The summed E-state index contributed by atoms with van der Waals surface area (Å²) in [6.45, 7) is 0.501. The van der Waals surface area contributed by atoms with Crippen LogP contribution in [0.3, 0.4) is 0 Å². The molecule has 6 nitrogen and oxygen atoms in total. The van der Waals surface area contributed by atoms with Gasteiger partial charge in [0.05, 0.1) is 23.1 Å². The minimum atomic E-state index is -3.39. The first-order valence-corrected chi connectivity index (χ1v) is 10.2. The van der Waals surface area contributed by atoms with Crippen LogP contribution in [0.4, 0.5) is 8.78 Å². The number of hydrogen-bond donors (Lipinski definition) is 0. The van der Waals surface area contributed by atoms with Gasteiger partial charge in [0.2, 0.25) is 5.82 Å². The van der Waals surface area contributed by atoms with E-state index in [0.717, 1.165) is 15.1 Å². The first-order chi connectivity index (χ1) is 15.6. The van der Waals surface area contributed by atoms with Gasteiger partial charge >= 0.3 is 5.92 Å². The number of alkyl halides is 2. The number of hydrogen-bond acceptors (Lipinski definition) is 5. The Morgan fingerprint density at radius 2 is 1.84 bits per heavy atom. The van der Waals surface area contributed by atoms with Crippen LogP contribution < -0.4 is 10.6 Å². The van der Waals surface area contributed by atoms with Gasteiger partial charge in [-0.1, -0.05) is 36.4 Å². The second-order valence-electron chi connectivity index (χ2n) is 7.71. The molecule has 2 aromatic carbocycles. The monoisotopic (exact) mass is 426 g/mol. The van der Waals surface area contributed by atoms with Crippen LogP contribution in [0.5, 0.6) is 0 Å². The van der Waals surface area contributed by atoms with Gasteiger partial charge in [0, 0.05) is 23.1 Å². The third-order valence-corrected chi connectivity index (χ3v) is 5.69. The maximum Gasteiger partial charge on any atom is 0.333 e. The van der Waals surface area contributed by atoms with Crippen LogP contribution in [0.25, 0.3) is 22.6 Å². The SMILES string of the molecule is FC(F)(c1ccc2ncccc2c1)c1nnc2ccc(C3C=c4ccccc4=NC3)nn12. The molecule has 5 aromatic rings. The van der Waals surface area contributed by atoms with E-state index < -0.39 is 11.7 Å². The number of pyridine rings is 1. The first kappa shape index (κ1) is 18.7. The summed E-state index contributed by atoms with van der Waals surface area (Å²) >= 11 is 0. The van der Waals surface area contributed by atoms with E-state index in [0.29, 0.717) is 23.1 Å². The lowest BCUT2D eigenvalue weighted by atomic mass is 10.0. The Kier molecular flexibility index (Phi) is 4.07. The summed E-state index contributed by atoms with van der Waals surface area (Å²) in [7, 11) is 0. The maximum atomic E-state index is 15.5. The highest BCUT2D eigenvalue weighted by Crippen LogP contribution is 2.35. The van der Waals surface area contributed by atoms with Gasteiger partial charge in [-0.2, -0.15) is 18.4 Å². The number of nitrogens with zero attached hydrogens (tertiary/aromatic N) is 6. The zero-order chi connectivity index (χ0) is 21.7. The van der Waals surface area contributed by atoms with Crippen molar-refractivity contribution in [2.24, 2.45) is 4.99 Å². The number of para-hydroxylation sites is 1. The summed E-state index contributed by atoms with van der Waals surface area (Å²) in [5, 5.41) is 14.8. The van der Waals surface area contributed by atoms with E-state index in [-0.39, 0.29) is 17.1 Å². The van der Waals surface area contributed by atoms with Gasteiger partial charge < -0.3 is 0 Å². The third kappa shape index (κ3) is 2.95. The fourth-order valence-electron chi connectivity index (χ4n) is 4.01. The Balaban J connectivity index is 1.45. The molecule has 1 unspecified atom stereocenters. The molecule has 0 radical (unpaired) electrons. The zero-order valence-electron chi connectivity index (χ0n) is 16.7. The molecule has 0 saturated carbocycles. The van der Waals surface area contributed by atoms with E-state index in [1.54, 1.807) is 36.5 Å². The minimum Gasteiger partial charge on any atom is -0.284 e. The average Bonchev–Trinajstić information content (AvgIpc) is 3.27. The molecule has 0 fully saturated rings. The minimum absolute atomic E-state index is 0.120. The molecule has 0 aliphatic carbocycles. The highest BCUT2D eigenvalue weighted by atomic mass is 19.3. The van der Waals surface area contributed by atoms with Gasteiger partial charge in [0.25, 0.3) is 0 Å². The Morgan fingerprint density at radius 3 is 2.78 bits per heavy atom. The van der Waals surface area contributed by atoms with Crippen molar-refractivity contribution in [3.05, 3.63) is 101 Å². The zero-order valence-corrected chi connectivity index (χ0v) is 16.7. The second-order valence-corrected chi connectivity index (χ2v) is 7.71. The van der Waals surface area contributed by atoms with E-state index in [1.165, 1.54) is 12.1 Å². The molecule has 0 amide bonds. The Morgan fingerprint density at radius 1 is 0.938 bits per heavy atom.